The molecule has 0 heterocycles. The number of phosphoric acid groups is 1. The third-order valence-corrected chi connectivity index (χ3v) is 0. The molecule has 45 valence electrons. The Balaban J connectivity index is -0.0000000267. The Labute approximate surface area is 100 Å². The molecule has 0 saturated heterocycles. The molecule has 0 aliphatic carbocycles. The van der Waals surface area contributed by atoms with Crippen LogP contribution >= 0.6 is 7.82 Å². The first-order chi connectivity index (χ1) is 2.00. The molecule has 0 aromatic heterocycles. The minimum atomic E-state index is -4.64. The van der Waals surface area contributed by atoms with Crippen LogP contribution in [0.15, 0.2) is 0 Å². The summed E-state index contributed by atoms with van der Waals surface area (Å²) in [4.78, 5) is 21.6. The van der Waals surface area contributed by atoms with Crippen LogP contribution in [0.1, 0.15) is 0 Å². The second kappa shape index (κ2) is 9.55. The molecule has 0 rings (SSSR count). The zero-order valence-electron chi connectivity index (χ0n) is 3.27. The first kappa shape index (κ1) is 22.4. The SMILES string of the molecule is O=P(O)(O)O.[AlH3].[La].[Ti]. The van der Waals surface area contributed by atoms with Crippen LogP contribution in [-0.4, -0.2) is 32.0 Å². The van der Waals surface area contributed by atoms with Gasteiger partial charge in [0.1, 0.15) is 0 Å². The van der Waals surface area contributed by atoms with Crippen molar-refractivity contribution in [2.75, 3.05) is 0 Å². The van der Waals surface area contributed by atoms with Crippen molar-refractivity contribution in [3.8, 4) is 0 Å². The summed E-state index contributed by atoms with van der Waals surface area (Å²) in [5.74, 6) is 0. The van der Waals surface area contributed by atoms with E-state index in [-0.39, 0.29) is 74.7 Å². The Hall–Kier alpha value is 2.55. The maximum atomic E-state index is 8.88. The summed E-state index contributed by atoms with van der Waals surface area (Å²) < 4.78 is 8.88. The zero-order chi connectivity index (χ0) is 4.50. The van der Waals surface area contributed by atoms with Gasteiger partial charge in [-0.15, -0.1) is 0 Å². The van der Waals surface area contributed by atoms with Crippen molar-refractivity contribution in [1.29, 1.82) is 0 Å². The minimum absolute atomic E-state index is 0. The van der Waals surface area contributed by atoms with Gasteiger partial charge in [0.05, 0.1) is 0 Å². The maximum absolute atomic E-state index is 8.88. The summed E-state index contributed by atoms with van der Waals surface area (Å²) in [6, 6.07) is 0. The van der Waals surface area contributed by atoms with Crippen molar-refractivity contribution >= 4 is 25.2 Å². The van der Waals surface area contributed by atoms with Gasteiger partial charge < -0.3 is 14.7 Å². The van der Waals surface area contributed by atoms with Gasteiger partial charge >= 0.3 is 7.82 Å². The number of hydrogen-bond acceptors (Lipinski definition) is 1. The number of hydrogen-bond donors (Lipinski definition) is 3. The molecule has 0 aromatic rings. The fourth-order valence-corrected chi connectivity index (χ4v) is 0. The van der Waals surface area contributed by atoms with Crippen molar-refractivity contribution < 1.29 is 76.6 Å². The molecule has 0 aromatic carbocycles. The molecule has 0 unspecified atom stereocenters. The molecule has 3 N–H and O–H groups in total. The molecule has 0 aliphatic rings. The minimum Gasteiger partial charge on any atom is -0.303 e. The van der Waals surface area contributed by atoms with Gasteiger partial charge in [-0.1, -0.05) is 0 Å². The molecule has 1 radical (unpaired) electrons. The molecule has 4 nitrogen and oxygen atoms in total. The Bertz CT molecular complexity index is 62.2. The van der Waals surface area contributed by atoms with E-state index in [9.17, 15) is 0 Å². The smallest absolute Gasteiger partial charge is 0.303 e. The van der Waals surface area contributed by atoms with Gasteiger partial charge in [0.15, 0.2) is 17.4 Å². The van der Waals surface area contributed by atoms with Gasteiger partial charge in [-0.25, -0.2) is 4.57 Å². The molecule has 0 spiro atoms. The summed E-state index contributed by atoms with van der Waals surface area (Å²) in [5.41, 5.74) is 0. The van der Waals surface area contributed by atoms with Crippen LogP contribution in [0.4, 0.5) is 0 Å². The molecule has 0 bridgehead atoms. The van der Waals surface area contributed by atoms with E-state index in [1.165, 1.54) is 0 Å². The van der Waals surface area contributed by atoms with Crippen LogP contribution in [0.3, 0.4) is 0 Å². The van der Waals surface area contributed by atoms with Gasteiger partial charge in [0.2, 0.25) is 0 Å². The quantitative estimate of drug-likeness (QED) is 0.353. The summed E-state index contributed by atoms with van der Waals surface area (Å²) in [5, 5.41) is 0. The summed E-state index contributed by atoms with van der Waals surface area (Å²) in [7, 11) is -4.64. The topological polar surface area (TPSA) is 77.8 Å². The summed E-state index contributed by atoms with van der Waals surface area (Å²) in [6.45, 7) is 0. The Kier molecular flexibility index (Phi) is 26.8. The second-order valence-electron chi connectivity index (χ2n) is 0.513. The van der Waals surface area contributed by atoms with E-state index in [4.69, 9.17) is 19.2 Å². The van der Waals surface area contributed by atoms with Crippen LogP contribution in [0.2, 0.25) is 0 Å². The summed E-state index contributed by atoms with van der Waals surface area (Å²) in [6.07, 6.45) is 0. The van der Waals surface area contributed by atoms with Crippen molar-refractivity contribution in [1.82, 2.24) is 0 Å². The van der Waals surface area contributed by atoms with E-state index < -0.39 is 7.82 Å². The predicted octanol–water partition coefficient (Wildman–Crippen LogP) is -2.12. The van der Waals surface area contributed by atoms with Gasteiger partial charge in [-0.05, 0) is 0 Å². The van der Waals surface area contributed by atoms with E-state index in [1.807, 2.05) is 0 Å². The van der Waals surface area contributed by atoms with E-state index >= 15 is 0 Å². The van der Waals surface area contributed by atoms with Crippen LogP contribution in [0, 0.1) is 35.6 Å². The monoisotopic (exact) mass is 315 g/mol. The number of rotatable bonds is 0. The molecule has 0 saturated carbocycles. The van der Waals surface area contributed by atoms with Crippen molar-refractivity contribution in [3.63, 3.8) is 0 Å². The average molecular weight is 315 g/mol. The first-order valence-electron chi connectivity index (χ1n) is 0.783. The molecule has 0 aliphatic heterocycles. The third-order valence-electron chi connectivity index (χ3n) is 0. The summed E-state index contributed by atoms with van der Waals surface area (Å²) >= 11 is 0. The predicted molar refractivity (Wildman–Crippen MR) is 24.2 cm³/mol. The van der Waals surface area contributed by atoms with Crippen molar-refractivity contribution in [2.24, 2.45) is 0 Å². The molecular weight excluding hydrogens is 309 g/mol. The molecule has 0 fully saturated rings. The standard InChI is InChI=1S/Al.La.H3O4P.Ti.3H/c;;1-5(2,3)4;;;;/h;;(H3,1,2,3,4);;;;. The van der Waals surface area contributed by atoms with Crippen molar-refractivity contribution in [2.45, 2.75) is 0 Å². The normalized spacial score (nSPS) is 7.38. The fraction of sp³-hybridized carbons (Fsp3) is 0. The average Bonchev–Trinajstić information content (AvgIpc) is 0.722. The van der Waals surface area contributed by atoms with Crippen LogP contribution in [-0.2, 0) is 26.3 Å². The van der Waals surface area contributed by atoms with Gasteiger partial charge in [0.25, 0.3) is 0 Å². The van der Waals surface area contributed by atoms with E-state index in [1.54, 1.807) is 0 Å². The fourth-order valence-electron chi connectivity index (χ4n) is 0. The van der Waals surface area contributed by atoms with Gasteiger partial charge in [0, 0.05) is 57.3 Å². The maximum Gasteiger partial charge on any atom is 0.466 e. The second-order valence-corrected chi connectivity index (χ2v) is 1.54. The van der Waals surface area contributed by atoms with Crippen LogP contribution in [0.5, 0.6) is 0 Å². The van der Waals surface area contributed by atoms with Crippen LogP contribution < -0.4 is 0 Å². The van der Waals surface area contributed by atoms with Crippen molar-refractivity contribution in [3.05, 3.63) is 0 Å². The van der Waals surface area contributed by atoms with Gasteiger partial charge in [-0.2, -0.15) is 0 Å². The van der Waals surface area contributed by atoms with E-state index in [2.05, 4.69) is 0 Å². The first-order valence-corrected chi connectivity index (χ1v) is 2.35. The Morgan fingerprint density at radius 3 is 1.12 bits per heavy atom. The molecule has 0 atom stereocenters. The molecule has 0 amide bonds. The molecule has 8 heavy (non-hydrogen) atoms. The van der Waals surface area contributed by atoms with E-state index in [0.717, 1.165) is 0 Å². The molecule has 8 heteroatoms. The zero-order valence-corrected chi connectivity index (χ0v) is 9.36. The van der Waals surface area contributed by atoms with E-state index in [0.29, 0.717) is 0 Å². The molecular formula is H6AlLaO4PTi. The Morgan fingerprint density at radius 1 is 1.12 bits per heavy atom. The van der Waals surface area contributed by atoms with Gasteiger partial charge in [-0.3, -0.25) is 0 Å². The Morgan fingerprint density at radius 2 is 1.12 bits per heavy atom. The van der Waals surface area contributed by atoms with Crippen LogP contribution in [0.25, 0.3) is 0 Å². The largest absolute Gasteiger partial charge is 0.466 e. The third kappa shape index (κ3) is 74.9.